The summed E-state index contributed by atoms with van der Waals surface area (Å²) in [4.78, 5) is 11.9. The molecule has 0 saturated carbocycles. The average Bonchev–Trinajstić information content (AvgIpc) is 3.95. The van der Waals surface area contributed by atoms with Gasteiger partial charge in [-0.05, 0) is 79.4 Å². The molecular weight excluding hydrogens is 1060 g/mol. The van der Waals surface area contributed by atoms with Crippen LogP contribution in [0.2, 0.25) is 0 Å². The fourth-order valence-corrected chi connectivity index (χ4v) is 13.2. The van der Waals surface area contributed by atoms with E-state index in [1.807, 2.05) is 21.6 Å². The van der Waals surface area contributed by atoms with Crippen LogP contribution < -0.4 is 0 Å². The van der Waals surface area contributed by atoms with Crippen LogP contribution in [0.4, 0.5) is 0 Å². The Bertz CT molecular complexity index is 1300. The first-order chi connectivity index (χ1) is 39.3. The van der Waals surface area contributed by atoms with Crippen LogP contribution in [0.15, 0.2) is 0 Å². The molecule has 1 rings (SSSR count). The van der Waals surface area contributed by atoms with Gasteiger partial charge in [0.2, 0.25) is 0 Å². The maximum atomic E-state index is 11.9. The molecule has 0 aliphatic carbocycles. The molecule has 0 N–H and O–H groups in total. The van der Waals surface area contributed by atoms with E-state index in [2.05, 4.69) is 69.2 Å². The van der Waals surface area contributed by atoms with Gasteiger partial charge in [0.1, 0.15) is 12.7 Å². The van der Waals surface area contributed by atoms with Crippen LogP contribution in [0, 0.1) is 47.3 Å². The molecule has 0 amide bonds. The lowest BCUT2D eigenvalue weighted by Crippen LogP contribution is -2.28. The summed E-state index contributed by atoms with van der Waals surface area (Å²) in [6, 6.07) is 0. The number of hydrogen-bond acceptors (Lipinski definition) is 14. The molecule has 4 unspecified atom stereocenters. The van der Waals surface area contributed by atoms with Gasteiger partial charge in [0.15, 0.2) is 0 Å². The number of esters is 1. The zero-order valence-electron chi connectivity index (χ0n) is 54.5. The van der Waals surface area contributed by atoms with Crippen molar-refractivity contribution in [3.05, 3.63) is 0 Å². The summed E-state index contributed by atoms with van der Waals surface area (Å²) in [5, 5.41) is 0.763. The van der Waals surface area contributed by atoms with Gasteiger partial charge in [-0.2, -0.15) is 0 Å². The summed E-state index contributed by atoms with van der Waals surface area (Å²) in [6.45, 7) is 34.2. The Morgan fingerprint density at radius 3 is 1.04 bits per heavy atom. The summed E-state index contributed by atoms with van der Waals surface area (Å²) in [7, 11) is 3.96. The molecule has 1 heterocycles. The summed E-state index contributed by atoms with van der Waals surface area (Å²) in [6.07, 6.45) is 31.5. The minimum Gasteiger partial charge on any atom is -0.463 e. The zero-order valence-corrected chi connectivity index (χ0v) is 56.1. The van der Waals surface area contributed by atoms with Crippen molar-refractivity contribution in [3.8, 4) is 0 Å². The van der Waals surface area contributed by atoms with Crippen LogP contribution in [0.3, 0.4) is 0 Å². The number of unbranched alkanes of at least 4 members (excludes halogenated alkanes) is 1. The van der Waals surface area contributed by atoms with E-state index in [9.17, 15) is 4.79 Å². The van der Waals surface area contributed by atoms with Crippen molar-refractivity contribution in [2.75, 3.05) is 138 Å². The third kappa shape index (κ3) is 57.3. The second-order valence-electron chi connectivity index (χ2n) is 25.3. The second-order valence-corrected chi connectivity index (χ2v) is 28.1. The summed E-state index contributed by atoms with van der Waals surface area (Å²) >= 11 is 0. The van der Waals surface area contributed by atoms with Gasteiger partial charge in [-0.3, -0.25) is 4.79 Å². The maximum Gasteiger partial charge on any atom is 0.305 e. The highest BCUT2D eigenvalue weighted by molar-refractivity contribution is 8.77. The lowest BCUT2D eigenvalue weighted by molar-refractivity contribution is -0.145. The van der Waals surface area contributed by atoms with E-state index in [0.717, 1.165) is 79.7 Å². The van der Waals surface area contributed by atoms with E-state index in [4.69, 9.17) is 52.1 Å². The highest BCUT2D eigenvalue weighted by Crippen LogP contribution is 2.40. The highest BCUT2D eigenvalue weighted by atomic mass is 33.1. The van der Waals surface area contributed by atoms with Gasteiger partial charge in [-0.1, -0.05) is 213 Å². The predicted octanol–water partition coefficient (Wildman–Crippen LogP) is 16.7. The summed E-state index contributed by atoms with van der Waals surface area (Å²) < 4.78 is 63.4. The first-order valence-corrected chi connectivity index (χ1v) is 36.0. The normalized spacial score (nSPS) is 16.6. The largest absolute Gasteiger partial charge is 0.463 e. The minimum absolute atomic E-state index is 0.0785. The molecule has 0 bridgehead atoms. The lowest BCUT2D eigenvalue weighted by Gasteiger charge is -2.21. The van der Waals surface area contributed by atoms with Gasteiger partial charge in [-0.25, -0.2) is 0 Å². The van der Waals surface area contributed by atoms with Crippen LogP contribution in [-0.2, 0) is 56.9 Å². The Morgan fingerprint density at radius 2 is 0.679 bits per heavy atom. The SMILES string of the molecule is CC(C)CCC[C@H](C)CCC[C@H](C)CCCC(C)CCOCC(COCCOCCOCCOCCOCCOCCOCCOCCOC(=O)CCCCC1CCSS1)OCCC(C)CCC[C@@H](C)CCC[C@@H](C)CCCC(C)C. The van der Waals surface area contributed by atoms with Crippen molar-refractivity contribution in [3.63, 3.8) is 0 Å². The number of carbonyl (C=O) groups excluding carboxylic acids is 1. The molecule has 8 atom stereocenters. The van der Waals surface area contributed by atoms with Crippen molar-refractivity contribution in [1.82, 2.24) is 0 Å². The summed E-state index contributed by atoms with van der Waals surface area (Å²) in [5.41, 5.74) is 0. The van der Waals surface area contributed by atoms with E-state index in [1.165, 1.54) is 134 Å². The molecule has 12 nitrogen and oxygen atoms in total. The molecule has 0 spiro atoms. The van der Waals surface area contributed by atoms with E-state index in [-0.39, 0.29) is 18.7 Å². The standard InChI is InChI=1S/C67H132O12S2/c1-57(2)19-13-21-59(5)23-15-25-61(7)27-17-29-63(9)33-36-76-55-65(78-37-34-64(10)30-18-28-62(8)26-16-24-60(6)22-14-20-58(3)4)56-77-51-50-74-47-46-72-43-42-70-39-38-69-40-41-71-44-45-73-48-49-75-52-53-79-67(68)32-12-11-31-66-35-54-80-81-66/h57-66H,11-56H2,1-10H3/t59-,60-,61-,62-,63?,64?,65?,66?/m0/s1. The van der Waals surface area contributed by atoms with E-state index < -0.39 is 0 Å². The lowest BCUT2D eigenvalue weighted by atomic mass is 9.91. The van der Waals surface area contributed by atoms with Gasteiger partial charge in [0.05, 0.1) is 112 Å². The third-order valence-corrected chi connectivity index (χ3v) is 18.8. The molecule has 0 aromatic rings. The number of rotatable bonds is 64. The fraction of sp³-hybridized carbons (Fsp3) is 0.985. The van der Waals surface area contributed by atoms with Crippen molar-refractivity contribution >= 4 is 27.6 Å². The molecule has 1 aliphatic heterocycles. The quantitative estimate of drug-likeness (QED) is 0.0326. The molecule has 1 aliphatic rings. The molecule has 0 aromatic heterocycles. The molecule has 0 aromatic carbocycles. The van der Waals surface area contributed by atoms with Crippen LogP contribution in [0.25, 0.3) is 0 Å². The Morgan fingerprint density at radius 1 is 0.358 bits per heavy atom. The van der Waals surface area contributed by atoms with E-state index >= 15 is 0 Å². The minimum atomic E-state index is -0.136. The third-order valence-electron chi connectivity index (χ3n) is 15.8. The topological polar surface area (TPSA) is 119 Å². The molecule has 1 fully saturated rings. The first-order valence-electron chi connectivity index (χ1n) is 33.6. The van der Waals surface area contributed by atoms with Gasteiger partial charge >= 0.3 is 5.97 Å². The van der Waals surface area contributed by atoms with Gasteiger partial charge in [0, 0.05) is 30.6 Å². The average molecular weight is 1190 g/mol. The highest BCUT2D eigenvalue weighted by Gasteiger charge is 2.17. The smallest absolute Gasteiger partial charge is 0.305 e. The van der Waals surface area contributed by atoms with Crippen molar-refractivity contribution < 1.29 is 56.9 Å². The molecule has 14 heteroatoms. The van der Waals surface area contributed by atoms with Gasteiger partial charge < -0.3 is 52.1 Å². The second kappa shape index (κ2) is 58.8. The molecular formula is C67H132O12S2. The van der Waals surface area contributed by atoms with Crippen LogP contribution in [0.5, 0.6) is 0 Å². The maximum absolute atomic E-state index is 11.9. The van der Waals surface area contributed by atoms with Gasteiger partial charge in [-0.15, -0.1) is 0 Å². The summed E-state index contributed by atoms with van der Waals surface area (Å²) in [5.74, 6) is 7.49. The Hall–Kier alpha value is -0.230. The monoisotopic (exact) mass is 1190 g/mol. The Balaban J connectivity index is 2.13. The molecule has 81 heavy (non-hydrogen) atoms. The van der Waals surface area contributed by atoms with Crippen molar-refractivity contribution in [1.29, 1.82) is 0 Å². The molecule has 0 radical (unpaired) electrons. The van der Waals surface area contributed by atoms with Crippen LogP contribution >= 0.6 is 21.6 Å². The predicted molar refractivity (Wildman–Crippen MR) is 342 cm³/mol. The van der Waals surface area contributed by atoms with Crippen molar-refractivity contribution in [2.24, 2.45) is 47.3 Å². The number of hydrogen-bond donors (Lipinski definition) is 0. The van der Waals surface area contributed by atoms with Crippen molar-refractivity contribution in [2.45, 2.75) is 241 Å². The fourth-order valence-electron chi connectivity index (χ4n) is 10.2. The van der Waals surface area contributed by atoms with Gasteiger partial charge in [0.25, 0.3) is 0 Å². The molecule has 484 valence electrons. The Labute approximate surface area is 508 Å². The van der Waals surface area contributed by atoms with E-state index in [1.54, 1.807) is 0 Å². The van der Waals surface area contributed by atoms with Crippen LogP contribution in [0.1, 0.15) is 230 Å². The van der Waals surface area contributed by atoms with Crippen LogP contribution in [-0.4, -0.2) is 155 Å². The Kier molecular flexibility index (Phi) is 57.2. The van der Waals surface area contributed by atoms with E-state index in [0.29, 0.717) is 131 Å². The zero-order chi connectivity index (χ0) is 59.1. The number of ether oxygens (including phenoxy) is 11. The first kappa shape index (κ1) is 78.8. The number of carbonyl (C=O) groups is 1. The molecule has 1 saturated heterocycles.